The zero-order valence-corrected chi connectivity index (χ0v) is 18.4. The van der Waals surface area contributed by atoms with Crippen molar-refractivity contribution in [2.75, 3.05) is 13.2 Å². The van der Waals surface area contributed by atoms with E-state index in [9.17, 15) is 4.79 Å². The van der Waals surface area contributed by atoms with Gasteiger partial charge in [-0.25, -0.2) is 0 Å². The Morgan fingerprint density at radius 3 is 2.69 bits per heavy atom. The van der Waals surface area contributed by atoms with Crippen molar-refractivity contribution in [2.24, 2.45) is 0 Å². The Kier molecular flexibility index (Phi) is 5.68. The summed E-state index contributed by atoms with van der Waals surface area (Å²) in [4.78, 5) is 19.2. The molecule has 1 aliphatic rings. The van der Waals surface area contributed by atoms with Gasteiger partial charge in [0.1, 0.15) is 5.75 Å². The molecule has 0 unspecified atom stereocenters. The van der Waals surface area contributed by atoms with Crippen molar-refractivity contribution >= 4 is 16.8 Å². The lowest BCUT2D eigenvalue weighted by atomic mass is 9.91. The zero-order chi connectivity index (χ0) is 21.9. The normalized spacial score (nSPS) is 15.5. The van der Waals surface area contributed by atoms with Crippen molar-refractivity contribution in [3.8, 4) is 5.75 Å². The molecule has 4 heteroatoms. The van der Waals surface area contributed by atoms with E-state index in [1.165, 1.54) is 16.5 Å². The maximum Gasteiger partial charge on any atom is 0.223 e. The second-order valence-corrected chi connectivity index (χ2v) is 8.29. The number of ether oxygens (including phenoxy) is 1. The third-order valence-electron chi connectivity index (χ3n) is 6.31. The van der Waals surface area contributed by atoms with E-state index >= 15 is 0 Å². The van der Waals surface area contributed by atoms with Crippen molar-refractivity contribution in [1.29, 1.82) is 0 Å². The van der Waals surface area contributed by atoms with Crippen LogP contribution in [0, 0.1) is 0 Å². The summed E-state index contributed by atoms with van der Waals surface area (Å²) < 4.78 is 5.77. The average molecular weight is 425 g/mol. The molecule has 1 amide bonds. The highest BCUT2D eigenvalue weighted by Gasteiger charge is 2.34. The van der Waals surface area contributed by atoms with E-state index in [-0.39, 0.29) is 11.9 Å². The Labute approximate surface area is 188 Å². The van der Waals surface area contributed by atoms with E-state index < -0.39 is 0 Å². The molecule has 1 atom stereocenters. The minimum Gasteiger partial charge on any atom is -0.494 e. The number of aromatic amines is 1. The third kappa shape index (κ3) is 3.89. The van der Waals surface area contributed by atoms with E-state index in [1.54, 1.807) is 0 Å². The zero-order valence-electron chi connectivity index (χ0n) is 18.4. The van der Waals surface area contributed by atoms with Crippen LogP contribution in [0.2, 0.25) is 0 Å². The van der Waals surface area contributed by atoms with Crippen LogP contribution in [-0.4, -0.2) is 28.9 Å². The van der Waals surface area contributed by atoms with Gasteiger partial charge in [-0.15, -0.1) is 0 Å². The summed E-state index contributed by atoms with van der Waals surface area (Å²) in [5.41, 5.74) is 5.84. The van der Waals surface area contributed by atoms with E-state index in [2.05, 4.69) is 53.5 Å². The van der Waals surface area contributed by atoms with Gasteiger partial charge in [-0.2, -0.15) is 0 Å². The number of carbonyl (C=O) groups is 1. The first-order valence-electron chi connectivity index (χ1n) is 11.4. The van der Waals surface area contributed by atoms with Crippen molar-refractivity contribution in [2.45, 2.75) is 32.2 Å². The Morgan fingerprint density at radius 2 is 1.84 bits per heavy atom. The minimum absolute atomic E-state index is 0.144. The lowest BCUT2D eigenvalue weighted by Crippen LogP contribution is -2.40. The number of hydrogen-bond acceptors (Lipinski definition) is 2. The van der Waals surface area contributed by atoms with Gasteiger partial charge in [0, 0.05) is 29.6 Å². The first kappa shape index (κ1) is 20.4. The average Bonchev–Trinajstić information content (AvgIpc) is 3.22. The van der Waals surface area contributed by atoms with Gasteiger partial charge in [-0.05, 0) is 54.7 Å². The number of benzene rings is 3. The number of aromatic nitrogens is 1. The molecule has 3 aromatic carbocycles. The monoisotopic (exact) mass is 424 g/mol. The number of nitrogens with one attached hydrogen (secondary N) is 1. The van der Waals surface area contributed by atoms with Crippen molar-refractivity contribution in [3.63, 3.8) is 0 Å². The van der Waals surface area contributed by atoms with Crippen molar-refractivity contribution in [3.05, 3.63) is 101 Å². The number of nitrogens with zero attached hydrogens (tertiary/aromatic N) is 1. The number of rotatable bonds is 6. The highest BCUT2D eigenvalue weighted by atomic mass is 16.5. The molecular formula is C28H28N2O2. The molecular weight excluding hydrogens is 396 g/mol. The molecule has 0 spiro atoms. The van der Waals surface area contributed by atoms with Gasteiger partial charge in [-0.3, -0.25) is 4.79 Å². The van der Waals surface area contributed by atoms with Gasteiger partial charge < -0.3 is 14.6 Å². The van der Waals surface area contributed by atoms with Gasteiger partial charge in [0.15, 0.2) is 0 Å². The first-order chi connectivity index (χ1) is 15.7. The smallest absolute Gasteiger partial charge is 0.223 e. The Hall–Kier alpha value is -3.53. The number of amides is 1. The van der Waals surface area contributed by atoms with E-state index in [4.69, 9.17) is 4.74 Å². The lowest BCUT2D eigenvalue weighted by molar-refractivity contribution is -0.133. The van der Waals surface area contributed by atoms with Crippen LogP contribution in [0.3, 0.4) is 0 Å². The van der Waals surface area contributed by atoms with Gasteiger partial charge in [0.25, 0.3) is 0 Å². The number of para-hydroxylation sites is 1. The highest BCUT2D eigenvalue weighted by molar-refractivity contribution is 5.86. The largest absolute Gasteiger partial charge is 0.494 e. The number of H-pyrrole nitrogens is 1. The van der Waals surface area contributed by atoms with Crippen LogP contribution < -0.4 is 4.74 Å². The van der Waals surface area contributed by atoms with Crippen LogP contribution in [0.4, 0.5) is 0 Å². The van der Waals surface area contributed by atoms with Gasteiger partial charge in [0.05, 0.1) is 12.6 Å². The van der Waals surface area contributed by atoms with Gasteiger partial charge in [-0.1, -0.05) is 60.7 Å². The fraction of sp³-hybridized carbons (Fsp3) is 0.250. The highest BCUT2D eigenvalue weighted by Crippen LogP contribution is 2.39. The molecule has 0 radical (unpaired) electrons. The summed E-state index contributed by atoms with van der Waals surface area (Å²) in [5, 5.41) is 1.25. The van der Waals surface area contributed by atoms with Crippen LogP contribution in [0.1, 0.15) is 41.8 Å². The Balaban J connectivity index is 1.52. The molecule has 32 heavy (non-hydrogen) atoms. The number of aryl methyl sites for hydroxylation is 1. The lowest BCUT2D eigenvalue weighted by Gasteiger charge is -2.36. The predicted octanol–water partition coefficient (Wildman–Crippen LogP) is 5.67. The predicted molar refractivity (Wildman–Crippen MR) is 128 cm³/mol. The molecule has 1 N–H and O–H groups in total. The van der Waals surface area contributed by atoms with Crippen LogP contribution >= 0.6 is 0 Å². The van der Waals surface area contributed by atoms with Crippen molar-refractivity contribution in [1.82, 2.24) is 9.88 Å². The summed E-state index contributed by atoms with van der Waals surface area (Å²) in [5.74, 6) is 1.02. The molecule has 1 aromatic heterocycles. The summed E-state index contributed by atoms with van der Waals surface area (Å²) in [6.45, 7) is 3.32. The topological polar surface area (TPSA) is 45.3 Å². The van der Waals surface area contributed by atoms with E-state index in [1.807, 2.05) is 42.2 Å². The number of hydrogen-bond donors (Lipinski definition) is 1. The maximum absolute atomic E-state index is 13.5. The summed E-state index contributed by atoms with van der Waals surface area (Å²) in [7, 11) is 0. The third-order valence-corrected chi connectivity index (χ3v) is 6.31. The molecule has 162 valence electrons. The second kappa shape index (κ2) is 8.91. The molecule has 4 nitrogen and oxygen atoms in total. The summed E-state index contributed by atoms with van der Waals surface area (Å²) >= 11 is 0. The summed E-state index contributed by atoms with van der Waals surface area (Å²) in [6, 6.07) is 26.7. The van der Waals surface area contributed by atoms with Gasteiger partial charge >= 0.3 is 0 Å². The molecule has 0 saturated carbocycles. The SMILES string of the molecule is CCOc1cccc([C@H]2c3[nH]c4ccccc4c3CCN2C(=O)CCc2ccccc2)c1. The number of carbonyl (C=O) groups excluding carboxylic acids is 1. The molecule has 0 aliphatic carbocycles. The minimum atomic E-state index is -0.144. The molecule has 0 fully saturated rings. The molecule has 1 aliphatic heterocycles. The molecule has 5 rings (SSSR count). The fourth-order valence-corrected chi connectivity index (χ4v) is 4.84. The quantitative estimate of drug-likeness (QED) is 0.433. The summed E-state index contributed by atoms with van der Waals surface area (Å²) in [6.07, 6.45) is 2.11. The van der Waals surface area contributed by atoms with Crippen LogP contribution in [0.15, 0.2) is 78.9 Å². The van der Waals surface area contributed by atoms with Crippen LogP contribution in [0.25, 0.3) is 10.9 Å². The Bertz CT molecular complexity index is 1230. The molecule has 0 saturated heterocycles. The molecule has 4 aromatic rings. The van der Waals surface area contributed by atoms with Crippen LogP contribution in [0.5, 0.6) is 5.75 Å². The Morgan fingerprint density at radius 1 is 1.03 bits per heavy atom. The van der Waals surface area contributed by atoms with E-state index in [0.29, 0.717) is 19.6 Å². The second-order valence-electron chi connectivity index (χ2n) is 8.29. The first-order valence-corrected chi connectivity index (χ1v) is 11.4. The van der Waals surface area contributed by atoms with Gasteiger partial charge in [0.2, 0.25) is 5.91 Å². The molecule has 2 heterocycles. The maximum atomic E-state index is 13.5. The van der Waals surface area contributed by atoms with Crippen LogP contribution in [-0.2, 0) is 17.6 Å². The number of fused-ring (bicyclic) bond motifs is 3. The van der Waals surface area contributed by atoms with E-state index in [0.717, 1.165) is 35.4 Å². The fourth-order valence-electron chi connectivity index (χ4n) is 4.84. The van der Waals surface area contributed by atoms with Crippen molar-refractivity contribution < 1.29 is 9.53 Å². The molecule has 0 bridgehead atoms. The standard InChI is InChI=1S/C28H28N2O2/c1-2-32-22-12-8-11-21(19-22)28-27-24(23-13-6-7-14-25(23)29-27)17-18-30(28)26(31)16-15-20-9-4-3-5-10-20/h3-14,19,28-29H,2,15-18H2,1H3/t28-/m0/s1.